The van der Waals surface area contributed by atoms with Crippen molar-refractivity contribution in [2.24, 2.45) is 10.8 Å². The Balaban J connectivity index is 4.64. The molecule has 2 atom stereocenters. The number of hydrogen-bond acceptors (Lipinski definition) is 4. The molecule has 0 saturated carbocycles. The first-order valence-corrected chi connectivity index (χ1v) is 5.88. The van der Waals surface area contributed by atoms with Gasteiger partial charge in [-0.15, -0.1) is 0 Å². The molecule has 0 aromatic carbocycles. The lowest BCUT2D eigenvalue weighted by Crippen LogP contribution is -2.53. The van der Waals surface area contributed by atoms with Gasteiger partial charge in [-0.3, -0.25) is 4.79 Å². The van der Waals surface area contributed by atoms with Crippen LogP contribution in [0.2, 0.25) is 0 Å². The number of carbonyl (C=O) groups excluding carboxylic acids is 1. The highest BCUT2D eigenvalue weighted by Gasteiger charge is 2.46. The molecule has 17 heavy (non-hydrogen) atoms. The van der Waals surface area contributed by atoms with Crippen LogP contribution in [0.3, 0.4) is 0 Å². The molecule has 0 bridgehead atoms. The molecule has 0 aliphatic rings. The smallest absolute Gasteiger partial charge is 0.249 e. The second-order valence-electron chi connectivity index (χ2n) is 5.60. The maximum atomic E-state index is 11.7. The minimum Gasteiger partial charge on any atom is -0.396 e. The highest BCUT2D eigenvalue weighted by Crippen LogP contribution is 2.40. The van der Waals surface area contributed by atoms with E-state index in [-0.39, 0.29) is 13.2 Å². The fourth-order valence-electron chi connectivity index (χ4n) is 1.41. The Morgan fingerprint density at radius 1 is 1.24 bits per heavy atom. The second-order valence-corrected chi connectivity index (χ2v) is 5.60. The highest BCUT2D eigenvalue weighted by atomic mass is 16.3. The Labute approximate surface area is 103 Å². The molecule has 1 amide bonds. The van der Waals surface area contributed by atoms with Crippen molar-refractivity contribution in [3.63, 3.8) is 0 Å². The van der Waals surface area contributed by atoms with E-state index in [0.29, 0.717) is 13.0 Å². The maximum absolute atomic E-state index is 11.7. The summed E-state index contributed by atoms with van der Waals surface area (Å²) in [5, 5.41) is 30.6. The zero-order valence-electron chi connectivity index (χ0n) is 11.2. The second kappa shape index (κ2) is 6.33. The molecule has 0 saturated heterocycles. The van der Waals surface area contributed by atoms with Crippen LogP contribution in [0.15, 0.2) is 0 Å². The summed E-state index contributed by atoms with van der Waals surface area (Å²) in [6.45, 7) is 7.33. The van der Waals surface area contributed by atoms with Crippen molar-refractivity contribution < 1.29 is 20.1 Å². The third-order valence-corrected chi connectivity index (χ3v) is 3.53. The molecule has 0 rings (SSSR count). The molecule has 5 nitrogen and oxygen atoms in total. The van der Waals surface area contributed by atoms with Crippen LogP contribution in [0.1, 0.15) is 34.1 Å². The van der Waals surface area contributed by atoms with Gasteiger partial charge in [0.1, 0.15) is 6.10 Å². The minimum atomic E-state index is -1.27. The molecule has 0 aromatic heterocycles. The molecule has 102 valence electrons. The first-order valence-electron chi connectivity index (χ1n) is 5.88. The van der Waals surface area contributed by atoms with E-state index in [9.17, 15) is 15.0 Å². The molecule has 0 aliphatic heterocycles. The molecule has 0 aromatic rings. The van der Waals surface area contributed by atoms with Gasteiger partial charge in [0.25, 0.3) is 0 Å². The van der Waals surface area contributed by atoms with Gasteiger partial charge in [-0.1, -0.05) is 27.7 Å². The van der Waals surface area contributed by atoms with Crippen molar-refractivity contribution in [3.05, 3.63) is 0 Å². The zero-order chi connectivity index (χ0) is 13.7. The van der Waals surface area contributed by atoms with Crippen molar-refractivity contribution in [2.75, 3.05) is 19.8 Å². The first-order chi connectivity index (χ1) is 7.70. The Bertz CT molecular complexity index is 249. The number of amides is 1. The van der Waals surface area contributed by atoms with Gasteiger partial charge < -0.3 is 20.6 Å². The molecular weight excluding hydrogens is 222 g/mol. The Hall–Kier alpha value is -0.650. The summed E-state index contributed by atoms with van der Waals surface area (Å²) in [6.07, 6.45) is -0.824. The fourth-order valence-corrected chi connectivity index (χ4v) is 1.41. The number of hydrogen-bond donors (Lipinski definition) is 4. The van der Waals surface area contributed by atoms with E-state index in [0.717, 1.165) is 0 Å². The van der Waals surface area contributed by atoms with Crippen molar-refractivity contribution in [2.45, 2.75) is 40.2 Å². The number of aliphatic hydroxyl groups excluding tert-OH is 3. The number of carbonyl (C=O) groups is 1. The molecule has 0 fully saturated rings. The molecule has 0 spiro atoms. The monoisotopic (exact) mass is 247 g/mol. The van der Waals surface area contributed by atoms with Gasteiger partial charge in [-0.05, 0) is 11.8 Å². The molecule has 2 unspecified atom stereocenters. The summed E-state index contributed by atoms with van der Waals surface area (Å²) in [7, 11) is 0. The average Bonchev–Trinajstić information content (AvgIpc) is 2.25. The van der Waals surface area contributed by atoms with Gasteiger partial charge in [0.05, 0.1) is 6.61 Å². The van der Waals surface area contributed by atoms with Gasteiger partial charge in [0.15, 0.2) is 0 Å². The van der Waals surface area contributed by atoms with Crippen LogP contribution in [0.4, 0.5) is 0 Å². The van der Waals surface area contributed by atoms with Crippen molar-refractivity contribution >= 4 is 5.91 Å². The lowest BCUT2D eigenvalue weighted by molar-refractivity contribution is -0.146. The zero-order valence-corrected chi connectivity index (χ0v) is 11.2. The van der Waals surface area contributed by atoms with Gasteiger partial charge in [-0.2, -0.15) is 0 Å². The normalized spacial score (nSPS) is 17.4. The summed E-state index contributed by atoms with van der Waals surface area (Å²) in [6, 6.07) is 0. The van der Waals surface area contributed by atoms with E-state index in [4.69, 9.17) is 5.11 Å². The van der Waals surface area contributed by atoms with E-state index in [1.54, 1.807) is 6.92 Å². The number of aliphatic hydroxyl groups is 3. The predicted octanol–water partition coefficient (Wildman–Crippen LogP) is -0.109. The summed E-state index contributed by atoms with van der Waals surface area (Å²) in [5.74, 6) is -0.509. The molecule has 5 heteroatoms. The van der Waals surface area contributed by atoms with Crippen LogP contribution < -0.4 is 5.32 Å². The Morgan fingerprint density at radius 2 is 1.76 bits per heavy atom. The number of nitrogens with one attached hydrogen (secondary N) is 1. The van der Waals surface area contributed by atoms with E-state index in [1.165, 1.54) is 0 Å². The third kappa shape index (κ3) is 3.94. The lowest BCUT2D eigenvalue weighted by Gasteiger charge is -2.43. The van der Waals surface area contributed by atoms with Crippen LogP contribution in [-0.4, -0.2) is 47.1 Å². The van der Waals surface area contributed by atoms with Gasteiger partial charge >= 0.3 is 0 Å². The third-order valence-electron chi connectivity index (χ3n) is 3.53. The standard InChI is InChI=1S/C12H25NO4/c1-11(2,3)12(4,8-15)9(16)10(17)13-6-5-7-14/h9,14-16H,5-8H2,1-4H3,(H,13,17). The average molecular weight is 247 g/mol. The van der Waals surface area contributed by atoms with Crippen LogP contribution in [0.25, 0.3) is 0 Å². The SMILES string of the molecule is CC(C)(C)C(C)(CO)C(O)C(=O)NCCCO. The van der Waals surface area contributed by atoms with E-state index in [2.05, 4.69) is 5.32 Å². The quantitative estimate of drug-likeness (QED) is 0.493. The van der Waals surface area contributed by atoms with Crippen LogP contribution in [-0.2, 0) is 4.79 Å². The highest BCUT2D eigenvalue weighted by molar-refractivity contribution is 5.81. The van der Waals surface area contributed by atoms with Crippen LogP contribution >= 0.6 is 0 Å². The molecular formula is C12H25NO4. The molecule has 0 heterocycles. The molecule has 0 radical (unpaired) electrons. The van der Waals surface area contributed by atoms with Gasteiger partial charge in [0.2, 0.25) is 5.91 Å². The molecule has 0 aliphatic carbocycles. The molecule has 4 N–H and O–H groups in total. The van der Waals surface area contributed by atoms with Gasteiger partial charge in [-0.25, -0.2) is 0 Å². The number of rotatable bonds is 6. The van der Waals surface area contributed by atoms with Crippen molar-refractivity contribution in [1.29, 1.82) is 0 Å². The van der Waals surface area contributed by atoms with Crippen LogP contribution in [0, 0.1) is 10.8 Å². The van der Waals surface area contributed by atoms with Crippen LogP contribution in [0.5, 0.6) is 0 Å². The van der Waals surface area contributed by atoms with E-state index >= 15 is 0 Å². The largest absolute Gasteiger partial charge is 0.396 e. The summed E-state index contributed by atoms with van der Waals surface area (Å²) in [4.78, 5) is 11.7. The van der Waals surface area contributed by atoms with E-state index in [1.807, 2.05) is 20.8 Å². The first kappa shape index (κ1) is 16.4. The van der Waals surface area contributed by atoms with Crippen molar-refractivity contribution in [1.82, 2.24) is 5.32 Å². The van der Waals surface area contributed by atoms with E-state index < -0.39 is 22.8 Å². The predicted molar refractivity (Wildman–Crippen MR) is 65.4 cm³/mol. The minimum absolute atomic E-state index is 0.00703. The Kier molecular flexibility index (Phi) is 6.09. The maximum Gasteiger partial charge on any atom is 0.249 e. The lowest BCUT2D eigenvalue weighted by atomic mass is 9.65. The topological polar surface area (TPSA) is 89.8 Å². The summed E-state index contributed by atoms with van der Waals surface area (Å²) in [5.41, 5.74) is -1.31. The Morgan fingerprint density at radius 3 is 2.12 bits per heavy atom. The van der Waals surface area contributed by atoms with Gasteiger partial charge in [0, 0.05) is 18.6 Å². The fraction of sp³-hybridized carbons (Fsp3) is 0.917. The summed E-state index contributed by atoms with van der Waals surface area (Å²) < 4.78 is 0. The van der Waals surface area contributed by atoms with Crippen molar-refractivity contribution in [3.8, 4) is 0 Å². The summed E-state index contributed by atoms with van der Waals surface area (Å²) >= 11 is 0.